The standard InChI is InChI=1S/2C9H16O3/c2*1-7-2-3-9(6-8(7)10)11-4-5-12-9/h2*7-8,10H,2-6H2,1H3/t7?,8-;7-,8-/m10/s1. The van der Waals surface area contributed by atoms with Gasteiger partial charge in [0.25, 0.3) is 0 Å². The largest absolute Gasteiger partial charge is 0.393 e. The summed E-state index contributed by atoms with van der Waals surface area (Å²) in [5, 5.41) is 19.3. The molecule has 2 aliphatic carbocycles. The summed E-state index contributed by atoms with van der Waals surface area (Å²) in [5.74, 6) is -0.0652. The molecule has 140 valence electrons. The lowest BCUT2D eigenvalue weighted by Gasteiger charge is -2.37. The van der Waals surface area contributed by atoms with E-state index in [1.165, 1.54) is 0 Å². The molecule has 2 saturated carbocycles. The number of hydrogen-bond donors (Lipinski definition) is 2. The lowest BCUT2D eigenvalue weighted by Crippen LogP contribution is -2.42. The zero-order chi connectivity index (χ0) is 17.2. The Kier molecular flexibility index (Phi) is 5.84. The molecule has 24 heavy (non-hydrogen) atoms. The van der Waals surface area contributed by atoms with Gasteiger partial charge < -0.3 is 29.2 Å². The molecule has 2 N–H and O–H groups in total. The van der Waals surface area contributed by atoms with Crippen LogP contribution in [-0.2, 0) is 18.9 Å². The molecule has 4 fully saturated rings. The molecule has 6 nitrogen and oxygen atoms in total. The maximum atomic E-state index is 9.64. The van der Waals surface area contributed by atoms with Gasteiger partial charge >= 0.3 is 0 Å². The van der Waals surface area contributed by atoms with Gasteiger partial charge in [-0.1, -0.05) is 13.8 Å². The highest BCUT2D eigenvalue weighted by molar-refractivity contribution is 4.87. The average Bonchev–Trinajstić information content (AvgIpc) is 3.19. The van der Waals surface area contributed by atoms with Gasteiger partial charge in [0.15, 0.2) is 11.6 Å². The summed E-state index contributed by atoms with van der Waals surface area (Å²) in [7, 11) is 0. The first kappa shape index (κ1) is 18.5. The summed E-state index contributed by atoms with van der Waals surface area (Å²) in [6.45, 7) is 6.88. The molecular weight excluding hydrogens is 312 g/mol. The molecule has 2 saturated heterocycles. The van der Waals surface area contributed by atoms with Crippen LogP contribution in [0.25, 0.3) is 0 Å². The maximum absolute atomic E-state index is 9.64. The van der Waals surface area contributed by atoms with Crippen LogP contribution in [0.1, 0.15) is 52.4 Å². The Morgan fingerprint density at radius 2 is 1.00 bits per heavy atom. The van der Waals surface area contributed by atoms with Crippen LogP contribution in [0.4, 0.5) is 0 Å². The minimum atomic E-state index is -0.425. The highest BCUT2D eigenvalue weighted by Crippen LogP contribution is 2.39. The predicted octanol–water partition coefficient (Wildman–Crippen LogP) is 1.82. The van der Waals surface area contributed by atoms with Crippen molar-refractivity contribution in [3.63, 3.8) is 0 Å². The lowest BCUT2D eigenvalue weighted by molar-refractivity contribution is -0.204. The molecule has 6 heteroatoms. The molecule has 2 heterocycles. The average molecular weight is 344 g/mol. The van der Waals surface area contributed by atoms with E-state index in [-0.39, 0.29) is 12.2 Å². The van der Waals surface area contributed by atoms with Gasteiger partial charge in [-0.05, 0) is 24.7 Å². The van der Waals surface area contributed by atoms with E-state index in [1.807, 2.05) is 0 Å². The minimum absolute atomic E-state index is 0.253. The van der Waals surface area contributed by atoms with Gasteiger partial charge in [0.1, 0.15) is 0 Å². The molecule has 4 aliphatic rings. The Bertz CT molecular complexity index is 364. The Balaban J connectivity index is 0.000000141. The van der Waals surface area contributed by atoms with Crippen molar-refractivity contribution in [3.8, 4) is 0 Å². The summed E-state index contributed by atoms with van der Waals surface area (Å²) in [6.07, 6.45) is 4.66. The second-order valence-electron chi connectivity index (χ2n) is 7.79. The molecule has 4 atom stereocenters. The third-order valence-corrected chi connectivity index (χ3v) is 5.94. The fourth-order valence-corrected chi connectivity index (χ4v) is 4.04. The topological polar surface area (TPSA) is 77.4 Å². The van der Waals surface area contributed by atoms with Crippen LogP contribution in [0.3, 0.4) is 0 Å². The lowest BCUT2D eigenvalue weighted by atomic mass is 9.84. The maximum Gasteiger partial charge on any atom is 0.170 e. The van der Waals surface area contributed by atoms with Crippen LogP contribution >= 0.6 is 0 Å². The highest BCUT2D eigenvalue weighted by Gasteiger charge is 2.44. The first-order valence-electron chi connectivity index (χ1n) is 9.36. The van der Waals surface area contributed by atoms with Crippen LogP contribution in [-0.4, -0.2) is 60.4 Å². The fraction of sp³-hybridized carbons (Fsp3) is 1.00. The van der Waals surface area contributed by atoms with Crippen molar-refractivity contribution in [2.45, 2.75) is 76.2 Å². The third-order valence-electron chi connectivity index (χ3n) is 5.94. The van der Waals surface area contributed by atoms with Crippen LogP contribution in [0, 0.1) is 11.8 Å². The molecular formula is C18H32O6. The van der Waals surface area contributed by atoms with Crippen LogP contribution in [0.5, 0.6) is 0 Å². The van der Waals surface area contributed by atoms with Gasteiger partial charge in [0.05, 0.1) is 38.6 Å². The summed E-state index contributed by atoms with van der Waals surface area (Å²) in [4.78, 5) is 0. The van der Waals surface area contributed by atoms with Gasteiger partial charge in [-0.25, -0.2) is 0 Å². The molecule has 4 rings (SSSR count). The Morgan fingerprint density at radius 3 is 1.29 bits per heavy atom. The number of hydrogen-bond acceptors (Lipinski definition) is 6. The highest BCUT2D eigenvalue weighted by atomic mass is 16.7. The SMILES string of the molecule is CC1CCC2(C[C@H]1O)OCCO2.C[C@H]1CCC2(C[C@@H]1O)OCCO2. The van der Waals surface area contributed by atoms with E-state index < -0.39 is 11.6 Å². The molecule has 2 aliphatic heterocycles. The van der Waals surface area contributed by atoms with Gasteiger partial charge in [0.2, 0.25) is 0 Å². The van der Waals surface area contributed by atoms with Crippen molar-refractivity contribution in [1.29, 1.82) is 0 Å². The number of aliphatic hydroxyl groups is 2. The van der Waals surface area contributed by atoms with E-state index in [0.29, 0.717) is 51.1 Å². The van der Waals surface area contributed by atoms with Gasteiger partial charge in [-0.2, -0.15) is 0 Å². The number of rotatable bonds is 0. The smallest absolute Gasteiger partial charge is 0.170 e. The summed E-state index contributed by atoms with van der Waals surface area (Å²) < 4.78 is 22.1. The summed E-state index contributed by atoms with van der Waals surface area (Å²) in [6, 6.07) is 0. The van der Waals surface area contributed by atoms with Crippen LogP contribution in [0.15, 0.2) is 0 Å². The first-order valence-corrected chi connectivity index (χ1v) is 9.36. The molecule has 0 aromatic heterocycles. The van der Waals surface area contributed by atoms with Crippen molar-refractivity contribution < 1.29 is 29.2 Å². The van der Waals surface area contributed by atoms with E-state index >= 15 is 0 Å². The molecule has 2 spiro atoms. The normalized spacial score (nSPS) is 40.5. The number of aliphatic hydroxyl groups excluding tert-OH is 2. The molecule has 1 unspecified atom stereocenters. The Morgan fingerprint density at radius 1 is 0.667 bits per heavy atom. The van der Waals surface area contributed by atoms with E-state index in [0.717, 1.165) is 25.7 Å². The monoisotopic (exact) mass is 344 g/mol. The molecule has 0 bridgehead atoms. The quantitative estimate of drug-likeness (QED) is 0.698. The minimum Gasteiger partial charge on any atom is -0.393 e. The van der Waals surface area contributed by atoms with Gasteiger partial charge in [-0.3, -0.25) is 0 Å². The van der Waals surface area contributed by atoms with E-state index in [9.17, 15) is 10.2 Å². The fourth-order valence-electron chi connectivity index (χ4n) is 4.04. The summed E-state index contributed by atoms with van der Waals surface area (Å²) in [5.41, 5.74) is 0. The van der Waals surface area contributed by atoms with Crippen LogP contribution < -0.4 is 0 Å². The van der Waals surface area contributed by atoms with Crippen molar-refractivity contribution in [2.75, 3.05) is 26.4 Å². The molecule has 0 amide bonds. The Labute approximate surface area is 144 Å². The van der Waals surface area contributed by atoms with Crippen molar-refractivity contribution in [3.05, 3.63) is 0 Å². The summed E-state index contributed by atoms with van der Waals surface area (Å²) >= 11 is 0. The van der Waals surface area contributed by atoms with Gasteiger partial charge in [0, 0.05) is 25.7 Å². The van der Waals surface area contributed by atoms with E-state index in [1.54, 1.807) is 0 Å². The first-order chi connectivity index (χ1) is 11.4. The zero-order valence-electron chi connectivity index (χ0n) is 14.9. The second kappa shape index (κ2) is 7.56. The molecule has 0 radical (unpaired) electrons. The molecule has 0 aromatic carbocycles. The van der Waals surface area contributed by atoms with E-state index in [2.05, 4.69) is 13.8 Å². The zero-order valence-corrected chi connectivity index (χ0v) is 14.9. The predicted molar refractivity (Wildman–Crippen MR) is 87.3 cm³/mol. The third kappa shape index (κ3) is 4.11. The Hall–Kier alpha value is -0.240. The van der Waals surface area contributed by atoms with Crippen molar-refractivity contribution in [2.24, 2.45) is 11.8 Å². The van der Waals surface area contributed by atoms with Crippen molar-refractivity contribution >= 4 is 0 Å². The molecule has 0 aromatic rings. The van der Waals surface area contributed by atoms with Gasteiger partial charge in [-0.15, -0.1) is 0 Å². The second-order valence-corrected chi connectivity index (χ2v) is 7.79. The van der Waals surface area contributed by atoms with Crippen molar-refractivity contribution in [1.82, 2.24) is 0 Å². The number of ether oxygens (including phenoxy) is 4. The van der Waals surface area contributed by atoms with Crippen LogP contribution in [0.2, 0.25) is 0 Å². The van der Waals surface area contributed by atoms with E-state index in [4.69, 9.17) is 18.9 Å².